The fourth-order valence-electron chi connectivity index (χ4n) is 1.93. The lowest BCUT2D eigenvalue weighted by atomic mass is 10.1. The molecular weight excluding hydrogens is 254 g/mol. The number of anilines is 1. The van der Waals surface area contributed by atoms with Crippen LogP contribution in [0.2, 0.25) is 0 Å². The van der Waals surface area contributed by atoms with Gasteiger partial charge in [-0.05, 0) is 25.0 Å². The average molecular weight is 268 g/mol. The maximum absolute atomic E-state index is 12.0. The average Bonchev–Trinajstić information content (AvgIpc) is 2.68. The van der Waals surface area contributed by atoms with Gasteiger partial charge in [0, 0.05) is 5.69 Å². The quantitative estimate of drug-likeness (QED) is 0.819. The lowest BCUT2D eigenvalue weighted by Crippen LogP contribution is -2.34. The van der Waals surface area contributed by atoms with Crippen molar-refractivity contribution in [1.82, 2.24) is 0 Å². The van der Waals surface area contributed by atoms with Crippen LogP contribution in [0.3, 0.4) is 0 Å². The number of amides is 1. The van der Waals surface area contributed by atoms with E-state index in [1.54, 1.807) is 0 Å². The highest BCUT2D eigenvalue weighted by molar-refractivity contribution is 9.10. The van der Waals surface area contributed by atoms with E-state index in [4.69, 9.17) is 0 Å². The molecule has 1 fully saturated rings. The molecule has 0 aliphatic heterocycles. The molecule has 0 aromatic heterocycles. The summed E-state index contributed by atoms with van der Waals surface area (Å²) in [5, 5.41) is 2.94. The van der Waals surface area contributed by atoms with Crippen molar-refractivity contribution in [2.24, 2.45) is 0 Å². The molecular formula is C12H14BrNO. The van der Waals surface area contributed by atoms with E-state index in [0.29, 0.717) is 0 Å². The molecule has 1 N–H and O–H groups in total. The Bertz CT molecular complexity index is 344. The molecule has 0 unspecified atom stereocenters. The molecule has 1 aliphatic carbocycles. The number of alkyl halides is 1. The molecule has 0 radical (unpaired) electrons. The lowest BCUT2D eigenvalue weighted by Gasteiger charge is -2.20. The first kappa shape index (κ1) is 10.7. The van der Waals surface area contributed by atoms with Crippen molar-refractivity contribution in [2.45, 2.75) is 30.0 Å². The van der Waals surface area contributed by atoms with Crippen molar-refractivity contribution in [3.63, 3.8) is 0 Å². The van der Waals surface area contributed by atoms with Gasteiger partial charge in [-0.1, -0.05) is 47.0 Å². The van der Waals surface area contributed by atoms with Crippen molar-refractivity contribution in [1.29, 1.82) is 0 Å². The van der Waals surface area contributed by atoms with Crippen LogP contribution in [-0.4, -0.2) is 10.2 Å². The zero-order valence-electron chi connectivity index (χ0n) is 8.50. The van der Waals surface area contributed by atoms with Crippen LogP contribution in [0.5, 0.6) is 0 Å². The molecule has 1 aromatic rings. The number of para-hydroxylation sites is 1. The Morgan fingerprint density at radius 3 is 2.40 bits per heavy atom. The summed E-state index contributed by atoms with van der Waals surface area (Å²) in [4.78, 5) is 12.0. The van der Waals surface area contributed by atoms with E-state index in [2.05, 4.69) is 21.2 Å². The summed E-state index contributed by atoms with van der Waals surface area (Å²) >= 11 is 3.56. The van der Waals surface area contributed by atoms with Crippen LogP contribution in [0.25, 0.3) is 0 Å². The molecule has 2 rings (SSSR count). The summed E-state index contributed by atoms with van der Waals surface area (Å²) in [5.41, 5.74) is 0.869. The topological polar surface area (TPSA) is 29.1 Å². The molecule has 0 bridgehead atoms. The largest absolute Gasteiger partial charge is 0.325 e. The van der Waals surface area contributed by atoms with Crippen molar-refractivity contribution < 1.29 is 4.79 Å². The van der Waals surface area contributed by atoms with Crippen molar-refractivity contribution in [3.05, 3.63) is 30.3 Å². The maximum Gasteiger partial charge on any atom is 0.241 e. The minimum Gasteiger partial charge on any atom is -0.325 e. The second-order valence-corrected chi connectivity index (χ2v) is 5.51. The number of hydrogen-bond donors (Lipinski definition) is 1. The molecule has 80 valence electrons. The Kier molecular flexibility index (Phi) is 3.10. The van der Waals surface area contributed by atoms with Gasteiger partial charge in [0.1, 0.15) is 4.32 Å². The molecule has 1 aliphatic rings. The van der Waals surface area contributed by atoms with Gasteiger partial charge in [0.05, 0.1) is 0 Å². The van der Waals surface area contributed by atoms with Crippen molar-refractivity contribution in [2.75, 3.05) is 5.32 Å². The number of halogens is 1. The molecule has 0 atom stereocenters. The van der Waals surface area contributed by atoms with E-state index in [-0.39, 0.29) is 10.2 Å². The third-order valence-electron chi connectivity index (χ3n) is 2.83. The summed E-state index contributed by atoms with van der Waals surface area (Å²) in [6.45, 7) is 0. The van der Waals surface area contributed by atoms with Crippen molar-refractivity contribution >= 4 is 27.5 Å². The summed E-state index contributed by atoms with van der Waals surface area (Å²) in [7, 11) is 0. The van der Waals surface area contributed by atoms with Gasteiger partial charge in [0.15, 0.2) is 0 Å². The molecule has 1 aromatic carbocycles. The van der Waals surface area contributed by atoms with Crippen LogP contribution < -0.4 is 5.32 Å². The molecule has 0 spiro atoms. The van der Waals surface area contributed by atoms with Gasteiger partial charge in [-0.2, -0.15) is 0 Å². The molecule has 15 heavy (non-hydrogen) atoms. The third-order valence-corrected chi connectivity index (χ3v) is 3.99. The van der Waals surface area contributed by atoms with E-state index in [1.807, 2.05) is 30.3 Å². The number of hydrogen-bond acceptors (Lipinski definition) is 1. The van der Waals surface area contributed by atoms with E-state index in [9.17, 15) is 4.79 Å². The molecule has 1 saturated carbocycles. The number of carbonyl (C=O) groups excluding carboxylic acids is 1. The summed E-state index contributed by atoms with van der Waals surface area (Å²) < 4.78 is -0.331. The van der Waals surface area contributed by atoms with Gasteiger partial charge < -0.3 is 5.32 Å². The fraction of sp³-hybridized carbons (Fsp3) is 0.417. The van der Waals surface area contributed by atoms with Gasteiger partial charge in [-0.15, -0.1) is 0 Å². The number of nitrogens with one attached hydrogen (secondary N) is 1. The maximum atomic E-state index is 12.0. The Hall–Kier alpha value is -0.830. The van der Waals surface area contributed by atoms with Crippen LogP contribution in [0.4, 0.5) is 5.69 Å². The number of rotatable bonds is 2. The van der Waals surface area contributed by atoms with Crippen molar-refractivity contribution in [3.8, 4) is 0 Å². The fourth-order valence-corrected chi connectivity index (χ4v) is 2.59. The first-order valence-corrected chi connectivity index (χ1v) is 6.05. The monoisotopic (exact) mass is 267 g/mol. The molecule has 3 heteroatoms. The normalized spacial score (nSPS) is 18.7. The Balaban J connectivity index is 2.04. The highest BCUT2D eigenvalue weighted by Gasteiger charge is 2.38. The van der Waals surface area contributed by atoms with E-state index in [1.165, 1.54) is 0 Å². The van der Waals surface area contributed by atoms with Gasteiger partial charge >= 0.3 is 0 Å². The second kappa shape index (κ2) is 4.35. The summed E-state index contributed by atoms with van der Waals surface area (Å²) in [5.74, 6) is 0.0891. The lowest BCUT2D eigenvalue weighted by molar-refractivity contribution is -0.118. The van der Waals surface area contributed by atoms with Crippen LogP contribution >= 0.6 is 15.9 Å². The van der Waals surface area contributed by atoms with Gasteiger partial charge in [-0.3, -0.25) is 4.79 Å². The summed E-state index contributed by atoms with van der Waals surface area (Å²) in [6.07, 6.45) is 4.14. The minimum absolute atomic E-state index is 0.0891. The van der Waals surface area contributed by atoms with E-state index < -0.39 is 0 Å². The second-order valence-electron chi connectivity index (χ2n) is 3.99. The van der Waals surface area contributed by atoms with Gasteiger partial charge in [-0.25, -0.2) is 0 Å². The van der Waals surface area contributed by atoms with Crippen LogP contribution in [-0.2, 0) is 4.79 Å². The first-order valence-electron chi connectivity index (χ1n) is 5.26. The minimum atomic E-state index is -0.331. The first-order chi connectivity index (χ1) is 7.21. The van der Waals surface area contributed by atoms with Crippen LogP contribution in [0, 0.1) is 0 Å². The standard InChI is InChI=1S/C12H14BrNO/c13-12(8-4-5-9-12)11(15)14-10-6-2-1-3-7-10/h1-3,6-7H,4-5,8-9H2,(H,14,15). The Morgan fingerprint density at radius 2 is 1.80 bits per heavy atom. The number of carbonyl (C=O) groups is 1. The smallest absolute Gasteiger partial charge is 0.241 e. The summed E-state index contributed by atoms with van der Waals surface area (Å²) in [6, 6.07) is 9.60. The van der Waals surface area contributed by atoms with Crippen LogP contribution in [0.15, 0.2) is 30.3 Å². The van der Waals surface area contributed by atoms with Gasteiger partial charge in [0.2, 0.25) is 5.91 Å². The predicted molar refractivity (Wildman–Crippen MR) is 65.2 cm³/mol. The highest BCUT2D eigenvalue weighted by atomic mass is 79.9. The SMILES string of the molecule is O=C(Nc1ccccc1)C1(Br)CCCC1. The molecule has 1 amide bonds. The highest BCUT2D eigenvalue weighted by Crippen LogP contribution is 2.38. The predicted octanol–water partition coefficient (Wildman–Crippen LogP) is 3.33. The molecule has 0 heterocycles. The Morgan fingerprint density at radius 1 is 1.20 bits per heavy atom. The zero-order valence-corrected chi connectivity index (χ0v) is 10.1. The number of benzene rings is 1. The van der Waals surface area contributed by atoms with E-state index >= 15 is 0 Å². The van der Waals surface area contributed by atoms with E-state index in [0.717, 1.165) is 31.4 Å². The zero-order chi connectivity index (χ0) is 10.7. The molecule has 0 saturated heterocycles. The Labute approximate surface area is 98.2 Å². The van der Waals surface area contributed by atoms with Gasteiger partial charge in [0.25, 0.3) is 0 Å². The third kappa shape index (κ3) is 2.40. The van der Waals surface area contributed by atoms with Crippen LogP contribution in [0.1, 0.15) is 25.7 Å². The molecule has 2 nitrogen and oxygen atoms in total.